The number of anilines is 1. The van der Waals surface area contributed by atoms with Crippen molar-refractivity contribution in [1.82, 2.24) is 0 Å². The fraction of sp³-hybridized carbons (Fsp3) is 0.645. The number of carbonyl (C=O) groups is 1. The standard InChI is InChI=1S/C31H45NO6/c1-20(11-13-28-29(35)31(19-36-31)17-30(4,18-33)38-28)10-12-27-21(2)14-24(22(3)37-27)16-26(34)23-8-7-9-25(15-23)32(5)6/h7-11,13,15,21-22,24,27-29,33,35H,12,14,16-19H2,1-6H3/b13-11+,20-10+/t21-,22+,24-,27-,28?,29+,30-,31+/m0/s1. The van der Waals surface area contributed by atoms with Crippen molar-refractivity contribution in [2.75, 3.05) is 32.2 Å². The summed E-state index contributed by atoms with van der Waals surface area (Å²) >= 11 is 0. The number of benzene rings is 1. The Kier molecular flexibility index (Phi) is 8.85. The summed E-state index contributed by atoms with van der Waals surface area (Å²) < 4.78 is 18.0. The molecule has 0 amide bonds. The van der Waals surface area contributed by atoms with Gasteiger partial charge in [-0.15, -0.1) is 0 Å². The van der Waals surface area contributed by atoms with Gasteiger partial charge >= 0.3 is 0 Å². The first-order valence-corrected chi connectivity index (χ1v) is 13.9. The predicted octanol–water partition coefficient (Wildman–Crippen LogP) is 4.32. The lowest BCUT2D eigenvalue weighted by molar-refractivity contribution is -0.192. The van der Waals surface area contributed by atoms with E-state index in [9.17, 15) is 15.0 Å². The van der Waals surface area contributed by atoms with Crippen LogP contribution in [-0.2, 0) is 14.2 Å². The van der Waals surface area contributed by atoms with Crippen LogP contribution in [0.2, 0.25) is 0 Å². The number of hydrogen-bond acceptors (Lipinski definition) is 7. The zero-order chi connectivity index (χ0) is 27.7. The molecule has 0 saturated carbocycles. The number of aliphatic hydroxyl groups is 2. The van der Waals surface area contributed by atoms with E-state index in [1.165, 1.54) is 0 Å². The van der Waals surface area contributed by atoms with Crippen LogP contribution in [0.15, 0.2) is 48.1 Å². The summed E-state index contributed by atoms with van der Waals surface area (Å²) in [5.74, 6) is 0.707. The second kappa shape index (κ2) is 11.6. The maximum Gasteiger partial charge on any atom is 0.163 e. The lowest BCUT2D eigenvalue weighted by atomic mass is 9.80. The van der Waals surface area contributed by atoms with Crippen molar-refractivity contribution in [3.8, 4) is 0 Å². The number of rotatable bonds is 9. The fourth-order valence-electron chi connectivity index (χ4n) is 5.88. The Bertz CT molecular complexity index is 1050. The van der Waals surface area contributed by atoms with Gasteiger partial charge in [-0.3, -0.25) is 4.79 Å². The van der Waals surface area contributed by atoms with E-state index >= 15 is 0 Å². The number of allylic oxidation sites excluding steroid dienone is 2. The normalized spacial score (nSPS) is 37.5. The van der Waals surface area contributed by atoms with Crippen molar-refractivity contribution in [2.45, 2.75) is 89.0 Å². The zero-order valence-corrected chi connectivity index (χ0v) is 23.7. The second-order valence-electron chi connectivity index (χ2n) is 12.1. The quantitative estimate of drug-likeness (QED) is 0.281. The molecule has 0 bridgehead atoms. The van der Waals surface area contributed by atoms with Gasteiger partial charge in [0.25, 0.3) is 0 Å². The van der Waals surface area contributed by atoms with Crippen LogP contribution in [0.3, 0.4) is 0 Å². The van der Waals surface area contributed by atoms with E-state index < -0.39 is 23.4 Å². The highest BCUT2D eigenvalue weighted by Gasteiger charge is 2.61. The van der Waals surface area contributed by atoms with E-state index in [0.29, 0.717) is 25.4 Å². The first kappa shape index (κ1) is 29.0. The maximum atomic E-state index is 13.0. The minimum atomic E-state index is -0.751. The molecule has 3 saturated heterocycles. The van der Waals surface area contributed by atoms with Crippen molar-refractivity contribution in [3.63, 3.8) is 0 Å². The Morgan fingerprint density at radius 1 is 1.26 bits per heavy atom. The zero-order valence-electron chi connectivity index (χ0n) is 23.7. The maximum absolute atomic E-state index is 13.0. The van der Waals surface area contributed by atoms with E-state index in [1.807, 2.05) is 69.3 Å². The minimum Gasteiger partial charge on any atom is -0.393 e. The third-order valence-electron chi connectivity index (χ3n) is 8.51. The molecule has 3 aliphatic rings. The van der Waals surface area contributed by atoms with Crippen LogP contribution in [0.5, 0.6) is 0 Å². The molecule has 7 nitrogen and oxygen atoms in total. The predicted molar refractivity (Wildman–Crippen MR) is 149 cm³/mol. The molecule has 1 spiro atoms. The van der Waals surface area contributed by atoms with Gasteiger partial charge in [-0.1, -0.05) is 42.9 Å². The van der Waals surface area contributed by atoms with Gasteiger partial charge < -0.3 is 29.3 Å². The first-order valence-electron chi connectivity index (χ1n) is 13.9. The molecule has 3 fully saturated rings. The molecular weight excluding hydrogens is 482 g/mol. The van der Waals surface area contributed by atoms with Gasteiger partial charge in [0, 0.05) is 38.2 Å². The smallest absolute Gasteiger partial charge is 0.163 e. The first-order chi connectivity index (χ1) is 17.9. The molecular formula is C31H45NO6. The van der Waals surface area contributed by atoms with E-state index in [-0.39, 0.29) is 30.5 Å². The highest BCUT2D eigenvalue weighted by atomic mass is 16.6. The molecule has 7 heteroatoms. The highest BCUT2D eigenvalue weighted by molar-refractivity contribution is 5.97. The van der Waals surface area contributed by atoms with E-state index in [0.717, 1.165) is 29.7 Å². The molecule has 4 rings (SSSR count). The second-order valence-corrected chi connectivity index (χ2v) is 12.1. The number of nitrogens with zero attached hydrogens (tertiary/aromatic N) is 1. The van der Waals surface area contributed by atoms with E-state index in [1.54, 1.807) is 0 Å². The molecule has 2 N–H and O–H groups in total. The third kappa shape index (κ3) is 6.57. The summed E-state index contributed by atoms with van der Waals surface area (Å²) in [6, 6.07) is 7.81. The number of carbonyl (C=O) groups excluding carboxylic acids is 1. The van der Waals surface area contributed by atoms with E-state index in [2.05, 4.69) is 19.9 Å². The molecule has 3 aliphatic heterocycles. The third-order valence-corrected chi connectivity index (χ3v) is 8.51. The Hall–Kier alpha value is -2.03. The van der Waals surface area contributed by atoms with Crippen molar-refractivity contribution >= 4 is 11.5 Å². The molecule has 1 unspecified atom stereocenters. The molecule has 0 radical (unpaired) electrons. The fourth-order valence-corrected chi connectivity index (χ4v) is 5.88. The van der Waals surface area contributed by atoms with Crippen LogP contribution < -0.4 is 4.90 Å². The van der Waals surface area contributed by atoms with Gasteiger partial charge in [-0.2, -0.15) is 0 Å². The molecule has 38 heavy (non-hydrogen) atoms. The molecule has 8 atom stereocenters. The summed E-state index contributed by atoms with van der Waals surface area (Å²) in [7, 11) is 3.96. The van der Waals surface area contributed by atoms with Gasteiger partial charge in [0.1, 0.15) is 17.8 Å². The van der Waals surface area contributed by atoms with E-state index in [4.69, 9.17) is 14.2 Å². The Morgan fingerprint density at radius 2 is 2.00 bits per heavy atom. The number of aliphatic hydroxyl groups excluding tert-OH is 2. The molecule has 1 aromatic rings. The average Bonchev–Trinajstić information content (AvgIpc) is 3.66. The van der Waals surface area contributed by atoms with Crippen LogP contribution in [-0.4, -0.2) is 78.9 Å². The molecule has 0 aromatic heterocycles. The lowest BCUT2D eigenvalue weighted by Gasteiger charge is -2.42. The Labute approximate surface area is 227 Å². The summed E-state index contributed by atoms with van der Waals surface area (Å²) in [6.07, 6.45) is 7.53. The van der Waals surface area contributed by atoms with Crippen LogP contribution in [0.1, 0.15) is 63.7 Å². The topological polar surface area (TPSA) is 91.8 Å². The van der Waals surface area contributed by atoms with Gasteiger partial charge in [-0.25, -0.2) is 0 Å². The summed E-state index contributed by atoms with van der Waals surface area (Å²) in [4.78, 5) is 15.0. The number of ketones is 1. The largest absolute Gasteiger partial charge is 0.393 e. The summed E-state index contributed by atoms with van der Waals surface area (Å²) in [5.41, 5.74) is 1.52. The van der Waals surface area contributed by atoms with Crippen molar-refractivity contribution in [2.24, 2.45) is 11.8 Å². The van der Waals surface area contributed by atoms with Crippen molar-refractivity contribution in [3.05, 3.63) is 53.6 Å². The highest BCUT2D eigenvalue weighted by Crippen LogP contribution is 2.46. The van der Waals surface area contributed by atoms with Crippen LogP contribution in [0, 0.1) is 11.8 Å². The van der Waals surface area contributed by atoms with Crippen molar-refractivity contribution < 1.29 is 29.2 Å². The number of Topliss-reactive ketones (excluding diaryl/α,β-unsaturated/α-hetero) is 1. The van der Waals surface area contributed by atoms with Gasteiger partial charge in [0.05, 0.1) is 31.0 Å². The Morgan fingerprint density at radius 3 is 2.66 bits per heavy atom. The van der Waals surface area contributed by atoms with Crippen LogP contribution >= 0.6 is 0 Å². The minimum absolute atomic E-state index is 0.0121. The Balaban J connectivity index is 1.31. The van der Waals surface area contributed by atoms with Crippen molar-refractivity contribution in [1.29, 1.82) is 0 Å². The summed E-state index contributed by atoms with van der Waals surface area (Å²) in [6.45, 7) is 8.55. The number of ether oxygens (including phenoxy) is 3. The molecule has 3 heterocycles. The lowest BCUT2D eigenvalue weighted by Crippen LogP contribution is -2.56. The summed E-state index contributed by atoms with van der Waals surface area (Å²) in [5, 5.41) is 20.5. The molecule has 210 valence electrons. The van der Waals surface area contributed by atoms with Gasteiger partial charge in [0.15, 0.2) is 5.78 Å². The number of hydrogen-bond donors (Lipinski definition) is 2. The SMILES string of the molecule is CC(/C=C/C1O[C@](C)(CO)C[C@@]2(CO2)[C@@H]1O)=C\C[C@@H]1O[C@H](C)[C@H](CC(=O)c2cccc(N(C)C)c2)C[C@@H]1C. The van der Waals surface area contributed by atoms with Crippen LogP contribution in [0.4, 0.5) is 5.69 Å². The molecule has 0 aliphatic carbocycles. The molecule has 1 aromatic carbocycles. The number of epoxide rings is 1. The average molecular weight is 528 g/mol. The van der Waals surface area contributed by atoms with Crippen LogP contribution in [0.25, 0.3) is 0 Å². The monoisotopic (exact) mass is 527 g/mol. The van der Waals surface area contributed by atoms with Gasteiger partial charge in [0.2, 0.25) is 0 Å². The van der Waals surface area contributed by atoms with Gasteiger partial charge in [-0.05, 0) is 57.6 Å².